The molecule has 18 heavy (non-hydrogen) atoms. The number of benzene rings is 1. The molecule has 100 valence electrons. The summed E-state index contributed by atoms with van der Waals surface area (Å²) in [5.74, 6) is 0.431. The fourth-order valence-electron chi connectivity index (χ4n) is 1.79. The van der Waals surface area contributed by atoms with E-state index in [-0.39, 0.29) is 12.4 Å². The Morgan fingerprint density at radius 1 is 1.33 bits per heavy atom. The Balaban J connectivity index is 2.93. The van der Waals surface area contributed by atoms with Gasteiger partial charge in [0.25, 0.3) is 0 Å². The first-order valence-corrected chi connectivity index (χ1v) is 6.05. The van der Waals surface area contributed by atoms with E-state index >= 15 is 0 Å². The number of hydrogen-bond acceptors (Lipinski definition) is 4. The summed E-state index contributed by atoms with van der Waals surface area (Å²) < 4.78 is 10.2. The van der Waals surface area contributed by atoms with Crippen molar-refractivity contribution in [2.24, 2.45) is 5.73 Å². The zero-order valence-electron chi connectivity index (χ0n) is 11.4. The SMILES string of the molecule is CCOC(=O)CC(N)c1cc(C)c(C)cc1OC. The second-order valence-corrected chi connectivity index (χ2v) is 4.29. The van der Waals surface area contributed by atoms with Gasteiger partial charge in [-0.05, 0) is 38.0 Å². The van der Waals surface area contributed by atoms with Crippen molar-refractivity contribution in [3.05, 3.63) is 28.8 Å². The summed E-state index contributed by atoms with van der Waals surface area (Å²) in [6.45, 7) is 6.17. The zero-order chi connectivity index (χ0) is 13.7. The topological polar surface area (TPSA) is 61.5 Å². The summed E-state index contributed by atoms with van der Waals surface area (Å²) in [5, 5.41) is 0. The van der Waals surface area contributed by atoms with Crippen LogP contribution >= 0.6 is 0 Å². The molecule has 0 bridgehead atoms. The fourth-order valence-corrected chi connectivity index (χ4v) is 1.79. The van der Waals surface area contributed by atoms with Gasteiger partial charge in [0.2, 0.25) is 0 Å². The molecule has 0 aliphatic rings. The molecular weight excluding hydrogens is 230 g/mol. The predicted octanol–water partition coefficient (Wildman–Crippen LogP) is 2.27. The van der Waals surface area contributed by atoms with Crippen molar-refractivity contribution in [3.63, 3.8) is 0 Å². The summed E-state index contributed by atoms with van der Waals surface area (Å²) in [6, 6.07) is 3.51. The molecule has 1 atom stereocenters. The molecule has 0 spiro atoms. The second-order valence-electron chi connectivity index (χ2n) is 4.29. The van der Waals surface area contributed by atoms with E-state index in [0.29, 0.717) is 6.61 Å². The smallest absolute Gasteiger partial charge is 0.307 e. The number of carbonyl (C=O) groups is 1. The quantitative estimate of drug-likeness (QED) is 0.815. The van der Waals surface area contributed by atoms with Crippen LogP contribution in [0.15, 0.2) is 12.1 Å². The Hall–Kier alpha value is -1.55. The highest BCUT2D eigenvalue weighted by atomic mass is 16.5. The first-order chi connectivity index (χ1) is 8.49. The van der Waals surface area contributed by atoms with Crippen molar-refractivity contribution in [1.82, 2.24) is 0 Å². The lowest BCUT2D eigenvalue weighted by Crippen LogP contribution is -2.18. The Kier molecular flexibility index (Phi) is 5.16. The van der Waals surface area contributed by atoms with Crippen LogP contribution in [0.2, 0.25) is 0 Å². The fraction of sp³-hybridized carbons (Fsp3) is 0.500. The highest BCUT2D eigenvalue weighted by molar-refractivity contribution is 5.70. The molecule has 0 aliphatic heterocycles. The summed E-state index contributed by atoms with van der Waals surface area (Å²) >= 11 is 0. The standard InChI is InChI=1S/C14H21NO3/c1-5-18-14(16)8-12(15)11-6-9(2)10(3)7-13(11)17-4/h6-7,12H,5,8,15H2,1-4H3. The van der Waals surface area contributed by atoms with Crippen molar-refractivity contribution in [3.8, 4) is 5.75 Å². The number of nitrogens with two attached hydrogens (primary N) is 1. The number of methoxy groups -OCH3 is 1. The molecule has 2 N–H and O–H groups in total. The van der Waals surface area contributed by atoms with Gasteiger partial charge in [0, 0.05) is 11.6 Å². The van der Waals surface area contributed by atoms with Gasteiger partial charge in [-0.15, -0.1) is 0 Å². The summed E-state index contributed by atoms with van der Waals surface area (Å²) in [7, 11) is 1.60. The third-order valence-electron chi connectivity index (χ3n) is 2.94. The van der Waals surface area contributed by atoms with E-state index in [1.807, 2.05) is 26.0 Å². The number of aryl methyl sites for hydroxylation is 2. The summed E-state index contributed by atoms with van der Waals surface area (Å²) in [6.07, 6.45) is 0.159. The van der Waals surface area contributed by atoms with Crippen LogP contribution in [0.3, 0.4) is 0 Å². The molecule has 0 aliphatic carbocycles. The average Bonchev–Trinajstić information content (AvgIpc) is 2.32. The van der Waals surface area contributed by atoms with Gasteiger partial charge < -0.3 is 15.2 Å². The molecule has 0 amide bonds. The summed E-state index contributed by atoms with van der Waals surface area (Å²) in [4.78, 5) is 11.4. The van der Waals surface area contributed by atoms with Crippen LogP contribution < -0.4 is 10.5 Å². The Bertz CT molecular complexity index is 429. The third kappa shape index (κ3) is 3.47. The van der Waals surface area contributed by atoms with Crippen LogP contribution in [0.4, 0.5) is 0 Å². The molecule has 0 fully saturated rings. The highest BCUT2D eigenvalue weighted by Crippen LogP contribution is 2.29. The number of hydrogen-bond donors (Lipinski definition) is 1. The van der Waals surface area contributed by atoms with Gasteiger partial charge in [-0.2, -0.15) is 0 Å². The lowest BCUT2D eigenvalue weighted by Gasteiger charge is -2.17. The van der Waals surface area contributed by atoms with Crippen LogP contribution in [-0.4, -0.2) is 19.7 Å². The minimum absolute atomic E-state index is 0.159. The molecule has 1 aromatic rings. The molecule has 4 heteroatoms. The molecule has 0 saturated carbocycles. The van der Waals surface area contributed by atoms with E-state index in [2.05, 4.69) is 0 Å². The number of ether oxygens (including phenoxy) is 2. The number of carbonyl (C=O) groups excluding carboxylic acids is 1. The van der Waals surface area contributed by atoms with Gasteiger partial charge in [0.15, 0.2) is 0 Å². The van der Waals surface area contributed by atoms with Gasteiger partial charge in [0.1, 0.15) is 5.75 Å². The van der Waals surface area contributed by atoms with Gasteiger partial charge in [-0.1, -0.05) is 6.07 Å². The minimum Gasteiger partial charge on any atom is -0.496 e. The van der Waals surface area contributed by atoms with Gasteiger partial charge >= 0.3 is 5.97 Å². The van der Waals surface area contributed by atoms with Crippen molar-refractivity contribution >= 4 is 5.97 Å². The molecule has 4 nitrogen and oxygen atoms in total. The molecule has 1 unspecified atom stereocenters. The molecule has 0 aromatic heterocycles. The Morgan fingerprint density at radius 2 is 1.94 bits per heavy atom. The summed E-state index contributed by atoms with van der Waals surface area (Å²) in [5.41, 5.74) is 9.15. The van der Waals surface area contributed by atoms with E-state index in [1.54, 1.807) is 14.0 Å². The molecule has 1 rings (SSSR count). The van der Waals surface area contributed by atoms with Crippen LogP contribution in [-0.2, 0) is 9.53 Å². The van der Waals surface area contributed by atoms with E-state index in [1.165, 1.54) is 0 Å². The van der Waals surface area contributed by atoms with E-state index in [9.17, 15) is 4.79 Å². The largest absolute Gasteiger partial charge is 0.496 e. The average molecular weight is 251 g/mol. The van der Waals surface area contributed by atoms with Crippen molar-refractivity contribution in [2.75, 3.05) is 13.7 Å². The number of rotatable bonds is 5. The minimum atomic E-state index is -0.404. The second kappa shape index (κ2) is 6.40. The maximum absolute atomic E-state index is 11.4. The van der Waals surface area contributed by atoms with Crippen LogP contribution in [0.25, 0.3) is 0 Å². The van der Waals surface area contributed by atoms with Crippen LogP contribution in [0, 0.1) is 13.8 Å². The normalized spacial score (nSPS) is 12.1. The molecular formula is C14H21NO3. The Morgan fingerprint density at radius 3 is 2.50 bits per heavy atom. The first kappa shape index (κ1) is 14.5. The first-order valence-electron chi connectivity index (χ1n) is 6.05. The van der Waals surface area contributed by atoms with Crippen molar-refractivity contribution in [2.45, 2.75) is 33.2 Å². The lowest BCUT2D eigenvalue weighted by atomic mass is 9.98. The molecule has 0 saturated heterocycles. The molecule has 0 radical (unpaired) electrons. The highest BCUT2D eigenvalue weighted by Gasteiger charge is 2.17. The van der Waals surface area contributed by atoms with E-state index < -0.39 is 6.04 Å². The third-order valence-corrected chi connectivity index (χ3v) is 2.94. The predicted molar refractivity (Wildman–Crippen MR) is 70.6 cm³/mol. The molecule has 1 aromatic carbocycles. The van der Waals surface area contributed by atoms with E-state index in [4.69, 9.17) is 15.2 Å². The monoisotopic (exact) mass is 251 g/mol. The van der Waals surface area contributed by atoms with Gasteiger partial charge in [-0.3, -0.25) is 4.79 Å². The molecule has 0 heterocycles. The van der Waals surface area contributed by atoms with Crippen molar-refractivity contribution < 1.29 is 14.3 Å². The lowest BCUT2D eigenvalue weighted by molar-refractivity contribution is -0.143. The maximum atomic E-state index is 11.4. The Labute approximate surface area is 108 Å². The van der Waals surface area contributed by atoms with Crippen LogP contribution in [0.1, 0.15) is 36.1 Å². The maximum Gasteiger partial charge on any atom is 0.307 e. The van der Waals surface area contributed by atoms with Gasteiger partial charge in [0.05, 0.1) is 20.1 Å². The van der Waals surface area contributed by atoms with Crippen molar-refractivity contribution in [1.29, 1.82) is 0 Å². The van der Waals surface area contributed by atoms with Gasteiger partial charge in [-0.25, -0.2) is 0 Å². The number of esters is 1. The zero-order valence-corrected chi connectivity index (χ0v) is 11.4. The van der Waals surface area contributed by atoms with Crippen LogP contribution in [0.5, 0.6) is 5.75 Å². The van der Waals surface area contributed by atoms with E-state index in [0.717, 1.165) is 22.4 Å².